The number of nitrogens with one attached hydrogen (secondary N) is 2. The normalized spacial score (nSPS) is 14.1. The molecular formula is C20H25N3O8S. The Balaban J connectivity index is 0.000000534. The van der Waals surface area contributed by atoms with Crippen molar-refractivity contribution in [1.29, 1.82) is 0 Å². The number of anilines is 1. The molecule has 0 atom stereocenters. The van der Waals surface area contributed by atoms with Gasteiger partial charge in [0.25, 0.3) is 0 Å². The highest BCUT2D eigenvalue weighted by atomic mass is 32.2. The number of benzene rings is 1. The van der Waals surface area contributed by atoms with E-state index in [1.165, 1.54) is 10.4 Å². The maximum atomic E-state index is 12.7. The van der Waals surface area contributed by atoms with Crippen LogP contribution in [-0.2, 0) is 31.0 Å². The zero-order valence-corrected chi connectivity index (χ0v) is 18.0. The van der Waals surface area contributed by atoms with E-state index in [4.69, 9.17) is 24.2 Å². The molecule has 0 radical (unpaired) electrons. The molecule has 0 aliphatic carbocycles. The van der Waals surface area contributed by atoms with E-state index < -0.39 is 22.0 Å². The third kappa shape index (κ3) is 7.80. The van der Waals surface area contributed by atoms with E-state index >= 15 is 0 Å². The molecule has 11 nitrogen and oxygen atoms in total. The summed E-state index contributed by atoms with van der Waals surface area (Å²) in [5.41, 5.74) is 0.466. The zero-order chi connectivity index (χ0) is 23.6. The Kier molecular flexibility index (Phi) is 9.38. The summed E-state index contributed by atoms with van der Waals surface area (Å²) in [6, 6.07) is 10.00. The summed E-state index contributed by atoms with van der Waals surface area (Å²) in [7, 11) is -3.51. The quantitative estimate of drug-likeness (QED) is 0.439. The van der Waals surface area contributed by atoms with Crippen LogP contribution < -0.4 is 10.6 Å². The van der Waals surface area contributed by atoms with Crippen LogP contribution in [0.1, 0.15) is 25.0 Å². The first-order valence-electron chi connectivity index (χ1n) is 9.79. The van der Waals surface area contributed by atoms with Crippen LogP contribution in [0.3, 0.4) is 0 Å². The van der Waals surface area contributed by atoms with Gasteiger partial charge < -0.3 is 25.3 Å². The van der Waals surface area contributed by atoms with Crippen molar-refractivity contribution in [3.63, 3.8) is 0 Å². The lowest BCUT2D eigenvalue weighted by Gasteiger charge is -2.26. The minimum atomic E-state index is -3.51. The van der Waals surface area contributed by atoms with Crippen molar-refractivity contribution >= 4 is 33.6 Å². The van der Waals surface area contributed by atoms with Crippen molar-refractivity contribution in [2.75, 3.05) is 25.0 Å². The molecule has 1 saturated heterocycles. The predicted octanol–water partition coefficient (Wildman–Crippen LogP) is 1.34. The van der Waals surface area contributed by atoms with Crippen LogP contribution in [0.15, 0.2) is 52.0 Å². The number of hydrogen-bond acceptors (Lipinski definition) is 7. The van der Waals surface area contributed by atoms with E-state index in [1.807, 2.05) is 6.07 Å². The summed E-state index contributed by atoms with van der Waals surface area (Å²) in [5, 5.41) is 20.5. The highest BCUT2D eigenvalue weighted by molar-refractivity contribution is 7.89. The summed E-state index contributed by atoms with van der Waals surface area (Å²) in [6.07, 6.45) is 4.41. The Morgan fingerprint density at radius 1 is 1.00 bits per heavy atom. The second kappa shape index (κ2) is 12.0. The third-order valence-electron chi connectivity index (χ3n) is 4.42. The molecule has 1 aliphatic heterocycles. The average Bonchev–Trinajstić information content (AvgIpc) is 3.28. The van der Waals surface area contributed by atoms with Crippen LogP contribution in [-0.4, -0.2) is 60.4 Å². The Hall–Kier alpha value is -3.22. The maximum absolute atomic E-state index is 12.7. The van der Waals surface area contributed by atoms with Gasteiger partial charge in [0.05, 0.1) is 24.2 Å². The summed E-state index contributed by atoms with van der Waals surface area (Å²) in [6.45, 7) is 1.65. The minimum absolute atomic E-state index is 0.101. The topological polar surface area (TPSA) is 166 Å². The van der Waals surface area contributed by atoms with Crippen molar-refractivity contribution < 1.29 is 37.4 Å². The third-order valence-corrected chi connectivity index (χ3v) is 6.31. The largest absolute Gasteiger partial charge is 0.473 e. The number of carbonyl (C=O) groups excluding carboxylic acids is 1. The van der Waals surface area contributed by atoms with Crippen molar-refractivity contribution in [3.8, 4) is 0 Å². The first-order chi connectivity index (χ1) is 15.2. The van der Waals surface area contributed by atoms with E-state index in [0.29, 0.717) is 25.3 Å². The molecule has 3 rings (SSSR count). The summed E-state index contributed by atoms with van der Waals surface area (Å²) >= 11 is 0. The summed E-state index contributed by atoms with van der Waals surface area (Å²) in [5.74, 6) is -3.15. The summed E-state index contributed by atoms with van der Waals surface area (Å²) in [4.78, 5) is 30.4. The van der Waals surface area contributed by atoms with Crippen LogP contribution in [0.25, 0.3) is 0 Å². The lowest BCUT2D eigenvalue weighted by molar-refractivity contribution is -0.159. The van der Waals surface area contributed by atoms with Crippen LogP contribution >= 0.6 is 0 Å². The molecule has 1 aromatic carbocycles. The fourth-order valence-corrected chi connectivity index (χ4v) is 4.47. The second-order valence-corrected chi connectivity index (χ2v) is 8.77. The standard InChI is InChI=1S/C18H23N3O4S.C2H2O4/c22-18(14-19-13-16-7-5-11-25-16)20-15-6-4-8-17(12-15)26(23,24)21-9-2-1-3-10-21;3-1(4)2(5)6/h4-8,11-12,19H,1-3,9-10,13-14H2,(H,20,22);(H,3,4)(H,5,6). The number of carboxylic acids is 2. The Bertz CT molecular complexity index is 1000. The fraction of sp³-hybridized carbons (Fsp3) is 0.350. The number of piperidine rings is 1. The molecule has 1 amide bonds. The number of aliphatic carboxylic acids is 2. The van der Waals surface area contributed by atoms with E-state index in [1.54, 1.807) is 30.5 Å². The van der Waals surface area contributed by atoms with E-state index in [0.717, 1.165) is 25.0 Å². The second-order valence-electron chi connectivity index (χ2n) is 6.83. The Labute approximate surface area is 185 Å². The molecule has 1 aromatic heterocycles. The summed E-state index contributed by atoms with van der Waals surface area (Å²) < 4.78 is 32.1. The van der Waals surface area contributed by atoms with Crippen molar-refractivity contribution in [1.82, 2.24) is 9.62 Å². The van der Waals surface area contributed by atoms with Gasteiger partial charge in [-0.05, 0) is 43.2 Å². The molecule has 174 valence electrons. The molecule has 0 spiro atoms. The highest BCUT2D eigenvalue weighted by Gasteiger charge is 2.26. The highest BCUT2D eigenvalue weighted by Crippen LogP contribution is 2.22. The number of carbonyl (C=O) groups is 3. The molecule has 0 bridgehead atoms. The van der Waals surface area contributed by atoms with Gasteiger partial charge in [0.15, 0.2) is 0 Å². The lowest BCUT2D eigenvalue weighted by atomic mass is 10.2. The molecule has 1 aliphatic rings. The van der Waals surface area contributed by atoms with Crippen LogP contribution in [0, 0.1) is 0 Å². The van der Waals surface area contributed by atoms with Crippen LogP contribution in [0.5, 0.6) is 0 Å². The van der Waals surface area contributed by atoms with Crippen molar-refractivity contribution in [3.05, 3.63) is 48.4 Å². The molecule has 1 fully saturated rings. The van der Waals surface area contributed by atoms with Gasteiger partial charge in [-0.2, -0.15) is 4.31 Å². The molecule has 0 saturated carbocycles. The first-order valence-corrected chi connectivity index (χ1v) is 11.2. The maximum Gasteiger partial charge on any atom is 0.414 e. The molecule has 4 N–H and O–H groups in total. The molecule has 2 heterocycles. The van der Waals surface area contributed by atoms with E-state index in [2.05, 4.69) is 10.6 Å². The van der Waals surface area contributed by atoms with E-state index in [-0.39, 0.29) is 17.3 Å². The predicted molar refractivity (Wildman–Crippen MR) is 113 cm³/mol. The average molecular weight is 468 g/mol. The van der Waals surface area contributed by atoms with E-state index in [9.17, 15) is 13.2 Å². The molecule has 0 unspecified atom stereocenters. The van der Waals surface area contributed by atoms with Gasteiger partial charge >= 0.3 is 11.9 Å². The number of rotatable bonds is 7. The van der Waals surface area contributed by atoms with Gasteiger partial charge in [-0.3, -0.25) is 4.79 Å². The minimum Gasteiger partial charge on any atom is -0.473 e. The SMILES string of the molecule is O=C(CNCc1ccco1)Nc1cccc(S(=O)(=O)N2CCCCC2)c1.O=C(O)C(=O)O. The van der Waals surface area contributed by atoms with Crippen molar-refractivity contribution in [2.24, 2.45) is 0 Å². The van der Waals surface area contributed by atoms with Crippen molar-refractivity contribution in [2.45, 2.75) is 30.7 Å². The monoisotopic (exact) mass is 467 g/mol. The number of hydrogen-bond donors (Lipinski definition) is 4. The molecule has 32 heavy (non-hydrogen) atoms. The number of amides is 1. The number of sulfonamides is 1. The van der Waals surface area contributed by atoms with Gasteiger partial charge in [-0.1, -0.05) is 12.5 Å². The molecule has 12 heteroatoms. The smallest absolute Gasteiger partial charge is 0.414 e. The molecule has 2 aromatic rings. The zero-order valence-electron chi connectivity index (χ0n) is 17.2. The fourth-order valence-electron chi connectivity index (χ4n) is 2.91. The van der Waals surface area contributed by atoms with Gasteiger partial charge in [-0.15, -0.1) is 0 Å². The Morgan fingerprint density at radius 2 is 1.69 bits per heavy atom. The van der Waals surface area contributed by atoms with Gasteiger partial charge in [0.2, 0.25) is 15.9 Å². The number of furan rings is 1. The first kappa shape index (κ1) is 25.0. The Morgan fingerprint density at radius 3 is 2.28 bits per heavy atom. The number of nitrogens with zero attached hydrogens (tertiary/aromatic N) is 1. The van der Waals surface area contributed by atoms with Gasteiger partial charge in [0.1, 0.15) is 5.76 Å². The lowest BCUT2D eigenvalue weighted by Crippen LogP contribution is -2.35. The van der Waals surface area contributed by atoms with Crippen LogP contribution in [0.2, 0.25) is 0 Å². The van der Waals surface area contributed by atoms with Gasteiger partial charge in [-0.25, -0.2) is 18.0 Å². The number of carboxylic acid groups (broad SMARTS) is 2. The van der Waals surface area contributed by atoms with Crippen LogP contribution in [0.4, 0.5) is 5.69 Å². The molecular weight excluding hydrogens is 442 g/mol. The van der Waals surface area contributed by atoms with Gasteiger partial charge in [0, 0.05) is 18.8 Å².